The van der Waals surface area contributed by atoms with Gasteiger partial charge < -0.3 is 0 Å². The number of benzene rings is 1. The third-order valence-electron chi connectivity index (χ3n) is 2.95. The van der Waals surface area contributed by atoms with E-state index in [0.717, 1.165) is 5.71 Å². The predicted octanol–water partition coefficient (Wildman–Crippen LogP) is 2.73. The highest BCUT2D eigenvalue weighted by Gasteiger charge is 2.31. The fraction of sp³-hybridized carbons (Fsp3) is 0.385. The first-order valence-electron chi connectivity index (χ1n) is 5.94. The molecule has 0 aromatic heterocycles. The van der Waals surface area contributed by atoms with Crippen LogP contribution in [0, 0.1) is 15.5 Å². The number of carbonyl (C=O) groups excluding carboxylic acids is 1. The molecule has 6 heteroatoms. The minimum absolute atomic E-state index is 0.00424. The first kappa shape index (κ1) is 13.2. The Labute approximate surface area is 110 Å². The van der Waals surface area contributed by atoms with Crippen molar-refractivity contribution in [2.45, 2.75) is 27.2 Å². The van der Waals surface area contributed by atoms with E-state index in [1.807, 2.05) is 20.8 Å². The number of nitro groups is 1. The SMILES string of the molecule is CC(C)(C)C1=NN(c2ccc([N+](=O)[O-])cc2)C(=O)C1. The van der Waals surface area contributed by atoms with Gasteiger partial charge in [-0.2, -0.15) is 5.10 Å². The fourth-order valence-electron chi connectivity index (χ4n) is 1.76. The highest BCUT2D eigenvalue weighted by Crippen LogP contribution is 2.28. The van der Waals surface area contributed by atoms with Crippen LogP contribution in [-0.4, -0.2) is 16.5 Å². The number of nitro benzene ring substituents is 1. The molecular formula is C13H15N3O3. The molecule has 0 fully saturated rings. The summed E-state index contributed by atoms with van der Waals surface area (Å²) in [5, 5.41) is 16.2. The minimum Gasteiger partial charge on any atom is -0.272 e. The van der Waals surface area contributed by atoms with Crippen LogP contribution in [-0.2, 0) is 4.79 Å². The molecule has 1 heterocycles. The lowest BCUT2D eigenvalue weighted by Gasteiger charge is -2.16. The van der Waals surface area contributed by atoms with Crippen molar-refractivity contribution in [3.8, 4) is 0 Å². The molecule has 1 aliphatic rings. The van der Waals surface area contributed by atoms with E-state index < -0.39 is 4.92 Å². The first-order valence-corrected chi connectivity index (χ1v) is 5.94. The van der Waals surface area contributed by atoms with Gasteiger partial charge in [-0.05, 0) is 12.1 Å². The molecule has 0 bridgehead atoms. The molecule has 100 valence electrons. The van der Waals surface area contributed by atoms with Crippen molar-refractivity contribution in [2.75, 3.05) is 5.01 Å². The van der Waals surface area contributed by atoms with Crippen LogP contribution in [0.2, 0.25) is 0 Å². The maximum absolute atomic E-state index is 11.9. The standard InChI is InChI=1S/C13H15N3O3/c1-13(2,3)11-8-12(17)15(14-11)9-4-6-10(7-5-9)16(18)19/h4-7H,8H2,1-3H3. The lowest BCUT2D eigenvalue weighted by molar-refractivity contribution is -0.384. The van der Waals surface area contributed by atoms with Crippen molar-refractivity contribution in [3.63, 3.8) is 0 Å². The smallest absolute Gasteiger partial charge is 0.269 e. The van der Waals surface area contributed by atoms with Crippen molar-refractivity contribution in [1.82, 2.24) is 0 Å². The van der Waals surface area contributed by atoms with E-state index >= 15 is 0 Å². The quantitative estimate of drug-likeness (QED) is 0.606. The maximum Gasteiger partial charge on any atom is 0.269 e. The van der Waals surface area contributed by atoms with E-state index in [4.69, 9.17) is 0 Å². The van der Waals surface area contributed by atoms with Crippen LogP contribution >= 0.6 is 0 Å². The number of hydrazone groups is 1. The van der Waals surface area contributed by atoms with Gasteiger partial charge in [0.25, 0.3) is 11.6 Å². The van der Waals surface area contributed by atoms with Crippen LogP contribution in [0.15, 0.2) is 29.4 Å². The minimum atomic E-state index is -0.473. The van der Waals surface area contributed by atoms with E-state index in [0.29, 0.717) is 12.1 Å². The zero-order valence-electron chi connectivity index (χ0n) is 11.1. The Hall–Kier alpha value is -2.24. The Morgan fingerprint density at radius 3 is 2.26 bits per heavy atom. The normalized spacial score (nSPS) is 15.6. The van der Waals surface area contributed by atoms with Gasteiger partial charge in [-0.3, -0.25) is 14.9 Å². The zero-order chi connectivity index (χ0) is 14.2. The number of rotatable bonds is 2. The highest BCUT2D eigenvalue weighted by molar-refractivity contribution is 6.14. The molecule has 0 radical (unpaired) electrons. The summed E-state index contributed by atoms with van der Waals surface area (Å²) in [6, 6.07) is 5.80. The molecule has 0 saturated carbocycles. The van der Waals surface area contributed by atoms with Crippen LogP contribution in [0.4, 0.5) is 11.4 Å². The molecule has 0 spiro atoms. The molecule has 0 atom stereocenters. The third-order valence-corrected chi connectivity index (χ3v) is 2.95. The molecule has 1 aromatic carbocycles. The summed E-state index contributed by atoms with van der Waals surface area (Å²) in [5.74, 6) is -0.112. The lowest BCUT2D eigenvalue weighted by Crippen LogP contribution is -2.20. The van der Waals surface area contributed by atoms with Gasteiger partial charge in [-0.1, -0.05) is 20.8 Å². The lowest BCUT2D eigenvalue weighted by atomic mass is 9.88. The fourth-order valence-corrected chi connectivity index (χ4v) is 1.76. The number of hydrogen-bond acceptors (Lipinski definition) is 4. The van der Waals surface area contributed by atoms with Crippen molar-refractivity contribution < 1.29 is 9.72 Å². The Morgan fingerprint density at radius 2 is 1.84 bits per heavy atom. The molecule has 0 saturated heterocycles. The number of nitrogens with zero attached hydrogens (tertiary/aromatic N) is 3. The van der Waals surface area contributed by atoms with Crippen LogP contribution in [0.25, 0.3) is 0 Å². The third kappa shape index (κ3) is 2.62. The Morgan fingerprint density at radius 1 is 1.26 bits per heavy atom. The molecule has 1 amide bonds. The average Bonchev–Trinajstić information content (AvgIpc) is 2.71. The van der Waals surface area contributed by atoms with Gasteiger partial charge in [0.05, 0.1) is 22.7 Å². The van der Waals surface area contributed by atoms with Gasteiger partial charge in [-0.15, -0.1) is 0 Å². The number of hydrogen-bond donors (Lipinski definition) is 0. The summed E-state index contributed by atoms with van der Waals surface area (Å²) in [4.78, 5) is 22.0. The topological polar surface area (TPSA) is 75.8 Å². The summed E-state index contributed by atoms with van der Waals surface area (Å²) in [5.41, 5.74) is 1.20. The first-order chi connectivity index (χ1) is 8.79. The van der Waals surface area contributed by atoms with Gasteiger partial charge >= 0.3 is 0 Å². The van der Waals surface area contributed by atoms with Gasteiger partial charge in [-0.25, -0.2) is 5.01 Å². The predicted molar refractivity (Wildman–Crippen MR) is 72.1 cm³/mol. The van der Waals surface area contributed by atoms with Gasteiger partial charge in [0.1, 0.15) is 0 Å². The van der Waals surface area contributed by atoms with E-state index in [2.05, 4.69) is 5.10 Å². The molecule has 6 nitrogen and oxygen atoms in total. The van der Waals surface area contributed by atoms with Crippen LogP contribution < -0.4 is 5.01 Å². The molecule has 0 unspecified atom stereocenters. The van der Waals surface area contributed by atoms with Gasteiger partial charge in [0.2, 0.25) is 0 Å². The largest absolute Gasteiger partial charge is 0.272 e. The second kappa shape index (κ2) is 4.46. The molecule has 1 aromatic rings. The Kier molecular flexibility index (Phi) is 3.09. The van der Waals surface area contributed by atoms with Crippen molar-refractivity contribution in [2.24, 2.45) is 10.5 Å². The van der Waals surface area contributed by atoms with Crippen molar-refractivity contribution in [1.29, 1.82) is 0 Å². The second-order valence-electron chi connectivity index (χ2n) is 5.45. The molecular weight excluding hydrogens is 246 g/mol. The van der Waals surface area contributed by atoms with Crippen molar-refractivity contribution in [3.05, 3.63) is 34.4 Å². The van der Waals surface area contributed by atoms with E-state index in [9.17, 15) is 14.9 Å². The summed E-state index contributed by atoms with van der Waals surface area (Å²) in [6.07, 6.45) is 0.292. The zero-order valence-corrected chi connectivity index (χ0v) is 11.1. The molecule has 0 N–H and O–H groups in total. The molecule has 0 aliphatic carbocycles. The summed E-state index contributed by atoms with van der Waals surface area (Å²) >= 11 is 0. The number of amides is 1. The van der Waals surface area contributed by atoms with E-state index in [1.165, 1.54) is 29.3 Å². The van der Waals surface area contributed by atoms with Crippen LogP contribution in [0.3, 0.4) is 0 Å². The Balaban J connectivity index is 2.29. The summed E-state index contributed by atoms with van der Waals surface area (Å²) in [7, 11) is 0. The van der Waals surface area contributed by atoms with E-state index in [1.54, 1.807) is 0 Å². The highest BCUT2D eigenvalue weighted by atomic mass is 16.6. The van der Waals surface area contributed by atoms with Gasteiger partial charge in [0.15, 0.2) is 0 Å². The number of non-ortho nitro benzene ring substituents is 1. The van der Waals surface area contributed by atoms with Gasteiger partial charge in [0, 0.05) is 17.5 Å². The molecule has 1 aliphatic heterocycles. The average molecular weight is 261 g/mol. The number of carbonyl (C=O) groups is 1. The Bertz CT molecular complexity index is 555. The summed E-state index contributed by atoms with van der Waals surface area (Å²) < 4.78 is 0. The number of anilines is 1. The van der Waals surface area contributed by atoms with E-state index in [-0.39, 0.29) is 17.0 Å². The van der Waals surface area contributed by atoms with Crippen LogP contribution in [0.1, 0.15) is 27.2 Å². The monoisotopic (exact) mass is 261 g/mol. The van der Waals surface area contributed by atoms with Crippen molar-refractivity contribution >= 4 is 23.0 Å². The summed E-state index contributed by atoms with van der Waals surface area (Å²) in [6.45, 7) is 6.00. The second-order valence-corrected chi connectivity index (χ2v) is 5.45. The van der Waals surface area contributed by atoms with Crippen LogP contribution in [0.5, 0.6) is 0 Å². The molecule has 19 heavy (non-hydrogen) atoms. The maximum atomic E-state index is 11.9. The molecule has 2 rings (SSSR count).